The van der Waals surface area contributed by atoms with Gasteiger partial charge in [0.2, 0.25) is 0 Å². The van der Waals surface area contributed by atoms with Crippen LogP contribution >= 0.6 is 0 Å². The first-order chi connectivity index (χ1) is 17.9. The molecular weight excluding hydrogens is 477 g/mol. The Morgan fingerprint density at radius 1 is 0.564 bits per heavy atom. The molecule has 39 heavy (non-hydrogen) atoms. The van der Waals surface area contributed by atoms with E-state index >= 15 is 0 Å². The van der Waals surface area contributed by atoms with E-state index in [1.165, 1.54) is 11.1 Å². The van der Waals surface area contributed by atoms with Crippen molar-refractivity contribution < 1.29 is 9.31 Å². The summed E-state index contributed by atoms with van der Waals surface area (Å²) in [6.07, 6.45) is 1.98. The number of hydrogen-bond acceptors (Lipinski definition) is 3. The Morgan fingerprint density at radius 3 is 1.56 bits per heavy atom. The minimum Gasteiger partial charge on any atom is -0.521 e. The number of aliphatic imine (C=N–C) groups is 1. The van der Waals surface area contributed by atoms with Crippen LogP contribution in [0.3, 0.4) is 0 Å². The largest absolute Gasteiger partial charge is 0.632 e. The van der Waals surface area contributed by atoms with Crippen molar-refractivity contribution in [2.45, 2.75) is 105 Å². The number of hydrogen-bond donors (Lipinski definition) is 0. The monoisotopic (exact) mass is 523 g/mol. The van der Waals surface area contributed by atoms with Gasteiger partial charge in [-0.3, -0.25) is 4.99 Å². The summed E-state index contributed by atoms with van der Waals surface area (Å²) < 4.78 is 13.9. The van der Waals surface area contributed by atoms with Crippen molar-refractivity contribution in [2.24, 2.45) is 4.99 Å². The molecule has 0 aromatic heterocycles. The SMILES string of the molecule is CC(C)(C)c1cc2c(c(C(C)(C)C)c1)OB(c1ccccc1)Oc1c(cc(C(C)(C)C)cc1C(C)(C)C)N=C2. The van der Waals surface area contributed by atoms with E-state index in [-0.39, 0.29) is 21.7 Å². The molecule has 0 fully saturated rings. The van der Waals surface area contributed by atoms with E-state index in [9.17, 15) is 0 Å². The van der Waals surface area contributed by atoms with Gasteiger partial charge < -0.3 is 9.31 Å². The molecule has 0 bridgehead atoms. The maximum Gasteiger partial charge on any atom is 0.632 e. The van der Waals surface area contributed by atoms with E-state index < -0.39 is 7.12 Å². The van der Waals surface area contributed by atoms with Gasteiger partial charge in [0.25, 0.3) is 0 Å². The number of fused-ring (bicyclic) bond motifs is 2. The molecule has 0 saturated carbocycles. The molecule has 1 aliphatic rings. The third-order valence-corrected chi connectivity index (χ3v) is 7.40. The van der Waals surface area contributed by atoms with E-state index in [1.807, 2.05) is 24.4 Å². The van der Waals surface area contributed by atoms with Crippen LogP contribution in [0.4, 0.5) is 5.69 Å². The van der Waals surface area contributed by atoms with Crippen molar-refractivity contribution in [1.82, 2.24) is 0 Å². The van der Waals surface area contributed by atoms with Crippen LogP contribution in [0.1, 0.15) is 111 Å². The first-order valence-corrected chi connectivity index (χ1v) is 14.2. The lowest BCUT2D eigenvalue weighted by molar-refractivity contribution is 0.418. The van der Waals surface area contributed by atoms with Crippen LogP contribution < -0.4 is 14.8 Å². The fourth-order valence-corrected chi connectivity index (χ4v) is 4.82. The van der Waals surface area contributed by atoms with Gasteiger partial charge in [-0.25, -0.2) is 0 Å². The van der Waals surface area contributed by atoms with Gasteiger partial charge in [0.15, 0.2) is 0 Å². The van der Waals surface area contributed by atoms with Crippen molar-refractivity contribution >= 4 is 24.5 Å². The molecular formula is C35H46BNO2. The number of benzene rings is 3. The van der Waals surface area contributed by atoms with E-state index in [4.69, 9.17) is 14.3 Å². The van der Waals surface area contributed by atoms with E-state index in [0.29, 0.717) is 0 Å². The predicted molar refractivity (Wildman–Crippen MR) is 168 cm³/mol. The molecule has 1 heterocycles. The Hall–Kier alpha value is -3.01. The molecule has 3 aromatic carbocycles. The third-order valence-electron chi connectivity index (χ3n) is 7.40. The Kier molecular flexibility index (Phi) is 7.34. The van der Waals surface area contributed by atoms with E-state index in [1.54, 1.807) is 0 Å². The Morgan fingerprint density at radius 2 is 1.05 bits per heavy atom. The molecule has 206 valence electrons. The summed E-state index contributed by atoms with van der Waals surface area (Å²) in [4.78, 5) is 5.14. The summed E-state index contributed by atoms with van der Waals surface area (Å²) in [5, 5.41) is 0. The molecule has 0 radical (unpaired) electrons. The van der Waals surface area contributed by atoms with Crippen molar-refractivity contribution in [2.75, 3.05) is 0 Å². The van der Waals surface area contributed by atoms with Gasteiger partial charge in [0.05, 0.1) is 0 Å². The molecule has 0 N–H and O–H groups in total. The first kappa shape index (κ1) is 29.0. The van der Waals surface area contributed by atoms with Crippen molar-refractivity contribution in [1.29, 1.82) is 0 Å². The summed E-state index contributed by atoms with van der Waals surface area (Å²) >= 11 is 0. The van der Waals surface area contributed by atoms with Crippen LogP contribution in [0, 0.1) is 0 Å². The quantitative estimate of drug-likeness (QED) is 0.299. The maximum atomic E-state index is 6.94. The van der Waals surface area contributed by atoms with Gasteiger partial charge in [-0.2, -0.15) is 0 Å². The standard InChI is InChI=1S/C35H46BNO2/c1-32(2,3)24-18-23-22-37-29-21-25(33(4,5)6)20-28(35(10,11)12)31(29)39-36(26-16-14-13-15-17-26)38-30(23)27(19-24)34(7,8)9/h13-22H,1-12H3. The molecule has 0 unspecified atom stereocenters. The molecule has 0 aliphatic carbocycles. The van der Waals surface area contributed by atoms with Crippen LogP contribution in [0.15, 0.2) is 59.6 Å². The molecule has 0 spiro atoms. The predicted octanol–water partition coefficient (Wildman–Crippen LogP) is 8.79. The lowest BCUT2D eigenvalue weighted by atomic mass is 9.75. The van der Waals surface area contributed by atoms with Crippen LogP contribution in [0.2, 0.25) is 0 Å². The minimum atomic E-state index is -0.631. The highest BCUT2D eigenvalue weighted by molar-refractivity contribution is 6.62. The molecule has 0 atom stereocenters. The zero-order chi connectivity index (χ0) is 29.0. The summed E-state index contributed by atoms with van der Waals surface area (Å²) in [7, 11) is -0.631. The van der Waals surface area contributed by atoms with Crippen LogP contribution in [-0.2, 0) is 21.7 Å². The van der Waals surface area contributed by atoms with Crippen molar-refractivity contribution in [3.63, 3.8) is 0 Å². The average Bonchev–Trinajstić information content (AvgIpc) is 2.88. The molecule has 3 nitrogen and oxygen atoms in total. The van der Waals surface area contributed by atoms with Crippen molar-refractivity contribution in [3.05, 3.63) is 82.4 Å². The second-order valence-corrected chi connectivity index (χ2v) is 15.1. The number of nitrogens with zero attached hydrogens (tertiary/aromatic N) is 1. The lowest BCUT2D eigenvalue weighted by Gasteiger charge is -2.31. The highest BCUT2D eigenvalue weighted by Crippen LogP contribution is 2.45. The summed E-state index contributed by atoms with van der Waals surface area (Å²) in [5.41, 5.74) is 7.21. The highest BCUT2D eigenvalue weighted by atomic mass is 16.6. The summed E-state index contributed by atoms with van der Waals surface area (Å²) in [6.45, 7) is 26.9. The summed E-state index contributed by atoms with van der Waals surface area (Å²) in [5.74, 6) is 1.61. The van der Waals surface area contributed by atoms with Crippen molar-refractivity contribution in [3.8, 4) is 11.5 Å². The van der Waals surface area contributed by atoms with Crippen LogP contribution in [0.25, 0.3) is 0 Å². The number of rotatable bonds is 1. The smallest absolute Gasteiger partial charge is 0.521 e. The molecule has 3 aromatic rings. The van der Waals surface area contributed by atoms with Gasteiger partial charge in [0.1, 0.15) is 17.2 Å². The van der Waals surface area contributed by atoms with Crippen LogP contribution in [-0.4, -0.2) is 13.3 Å². The minimum absolute atomic E-state index is 0.0205. The molecule has 0 saturated heterocycles. The Balaban J connectivity index is 2.09. The molecule has 0 amide bonds. The average molecular weight is 524 g/mol. The Labute approximate surface area is 237 Å². The molecule has 4 heteroatoms. The third kappa shape index (κ3) is 6.26. The zero-order valence-corrected chi connectivity index (χ0v) is 26.1. The van der Waals surface area contributed by atoms with Gasteiger partial charge in [-0.05, 0) is 50.5 Å². The second-order valence-electron chi connectivity index (χ2n) is 15.1. The molecule has 1 aliphatic heterocycles. The maximum absolute atomic E-state index is 6.94. The fraction of sp³-hybridized carbons (Fsp3) is 0.457. The fourth-order valence-electron chi connectivity index (χ4n) is 4.82. The van der Waals surface area contributed by atoms with E-state index in [0.717, 1.165) is 39.3 Å². The van der Waals surface area contributed by atoms with Gasteiger partial charge >= 0.3 is 7.12 Å². The van der Waals surface area contributed by atoms with E-state index in [2.05, 4.69) is 119 Å². The molecule has 4 rings (SSSR count). The highest BCUT2D eigenvalue weighted by Gasteiger charge is 2.36. The van der Waals surface area contributed by atoms with Gasteiger partial charge in [-0.15, -0.1) is 0 Å². The zero-order valence-electron chi connectivity index (χ0n) is 26.1. The first-order valence-electron chi connectivity index (χ1n) is 14.2. The topological polar surface area (TPSA) is 30.8 Å². The lowest BCUT2D eigenvalue weighted by Crippen LogP contribution is -2.43. The Bertz CT molecular complexity index is 1290. The van der Waals surface area contributed by atoms with Gasteiger partial charge in [0, 0.05) is 22.8 Å². The van der Waals surface area contributed by atoms with Crippen LogP contribution in [0.5, 0.6) is 11.5 Å². The van der Waals surface area contributed by atoms with Gasteiger partial charge in [-0.1, -0.05) is 126 Å². The normalized spacial score (nSPS) is 14.4. The second kappa shape index (κ2) is 9.88. The summed E-state index contributed by atoms with van der Waals surface area (Å²) in [6, 6.07) is 19.3.